The number of rotatable bonds is 9. The number of carbonyl (C=O) groups excluding carboxylic acids is 2. The number of benzene rings is 1. The van der Waals surface area contributed by atoms with Crippen LogP contribution in [-0.2, 0) is 20.5 Å². The molecule has 10 heteroatoms. The Hall–Kier alpha value is -3.95. The van der Waals surface area contributed by atoms with Gasteiger partial charge in [-0.05, 0) is 137 Å². The number of carbonyl (C=O) groups is 2. The average Bonchev–Trinajstić information content (AvgIpc) is 3.63. The average molecular weight is 712 g/mol. The zero-order valence-electron chi connectivity index (χ0n) is 31.3. The fourth-order valence-corrected chi connectivity index (χ4v) is 9.93. The van der Waals surface area contributed by atoms with Gasteiger partial charge in [0.25, 0.3) is 0 Å². The molecule has 2 amide bonds. The number of aromatic nitrogens is 3. The van der Waals surface area contributed by atoms with Gasteiger partial charge in [-0.15, -0.1) is 0 Å². The summed E-state index contributed by atoms with van der Waals surface area (Å²) in [6.07, 6.45) is 16.8. The van der Waals surface area contributed by atoms with Gasteiger partial charge in [0, 0.05) is 42.9 Å². The SMILES string of the molecule is COc1ccc(C23CCC(CN(C(=O)C4CCC(OC(=O)N5CC(C)C5)CC4)c4cc(-c5cnn(C6(C)CCC6)c5)c(F)cn4)(CC2)CC3)cc1C. The van der Waals surface area contributed by atoms with E-state index in [9.17, 15) is 9.59 Å². The first-order chi connectivity index (χ1) is 25.0. The lowest BCUT2D eigenvalue weighted by molar-refractivity contribution is -0.124. The second kappa shape index (κ2) is 13.5. The molecule has 9 nitrogen and oxygen atoms in total. The van der Waals surface area contributed by atoms with E-state index in [0.717, 1.165) is 70.2 Å². The van der Waals surface area contributed by atoms with Gasteiger partial charge in [-0.3, -0.25) is 14.4 Å². The predicted octanol–water partition coefficient (Wildman–Crippen LogP) is 8.57. The number of ether oxygens (including phenoxy) is 2. The molecule has 278 valence electrons. The van der Waals surface area contributed by atoms with Crippen LogP contribution in [0, 0.1) is 30.0 Å². The first-order valence-electron chi connectivity index (χ1n) is 19.6. The van der Waals surface area contributed by atoms with Crippen LogP contribution in [0.5, 0.6) is 5.75 Å². The van der Waals surface area contributed by atoms with Gasteiger partial charge in [0.05, 0.1) is 25.0 Å². The lowest BCUT2D eigenvalue weighted by Gasteiger charge is -2.55. The van der Waals surface area contributed by atoms with E-state index >= 15 is 4.39 Å². The number of halogens is 1. The quantitative estimate of drug-likeness (QED) is 0.221. The van der Waals surface area contributed by atoms with E-state index in [2.05, 4.69) is 49.1 Å². The van der Waals surface area contributed by atoms with Crippen LogP contribution in [0.1, 0.15) is 108 Å². The molecule has 2 aromatic heterocycles. The molecule has 2 bridgehead atoms. The minimum atomic E-state index is -0.415. The Bertz CT molecular complexity index is 1800. The van der Waals surface area contributed by atoms with Crippen molar-refractivity contribution in [2.45, 2.75) is 121 Å². The summed E-state index contributed by atoms with van der Waals surface area (Å²) >= 11 is 0. The number of likely N-dealkylation sites (tertiary alicyclic amines) is 1. The number of anilines is 1. The molecule has 3 heterocycles. The number of hydrogen-bond acceptors (Lipinski definition) is 6. The molecule has 5 aliphatic carbocycles. The highest BCUT2D eigenvalue weighted by Crippen LogP contribution is 2.58. The van der Waals surface area contributed by atoms with E-state index in [-0.39, 0.29) is 40.4 Å². The van der Waals surface area contributed by atoms with Gasteiger partial charge in [-0.2, -0.15) is 5.10 Å². The molecular weight excluding hydrogens is 657 g/mol. The van der Waals surface area contributed by atoms with Gasteiger partial charge in [0.2, 0.25) is 5.91 Å². The summed E-state index contributed by atoms with van der Waals surface area (Å²) in [5, 5.41) is 4.63. The zero-order valence-corrected chi connectivity index (χ0v) is 31.3. The van der Waals surface area contributed by atoms with Gasteiger partial charge < -0.3 is 14.4 Å². The molecule has 5 saturated carbocycles. The van der Waals surface area contributed by atoms with E-state index in [1.54, 1.807) is 24.3 Å². The van der Waals surface area contributed by atoms with Crippen LogP contribution in [0.25, 0.3) is 11.1 Å². The van der Waals surface area contributed by atoms with Gasteiger partial charge in [-0.25, -0.2) is 14.2 Å². The smallest absolute Gasteiger partial charge is 0.410 e. The predicted molar refractivity (Wildman–Crippen MR) is 198 cm³/mol. The number of methoxy groups -OCH3 is 1. The van der Waals surface area contributed by atoms with Gasteiger partial charge >= 0.3 is 6.09 Å². The molecule has 0 spiro atoms. The molecule has 1 aliphatic heterocycles. The molecule has 3 aromatic rings. The Labute approximate surface area is 307 Å². The van der Waals surface area contributed by atoms with E-state index < -0.39 is 5.82 Å². The number of hydrogen-bond donors (Lipinski definition) is 0. The highest BCUT2D eigenvalue weighted by Gasteiger charge is 2.51. The fraction of sp³-hybridized carbons (Fsp3) is 0.619. The normalized spacial score (nSPS) is 28.1. The van der Waals surface area contributed by atoms with Crippen LogP contribution < -0.4 is 9.64 Å². The van der Waals surface area contributed by atoms with Crippen LogP contribution in [0.3, 0.4) is 0 Å². The van der Waals surface area contributed by atoms with Crippen molar-refractivity contribution in [3.8, 4) is 16.9 Å². The van der Waals surface area contributed by atoms with E-state index in [4.69, 9.17) is 9.47 Å². The molecule has 0 N–H and O–H groups in total. The molecule has 9 rings (SSSR count). The summed E-state index contributed by atoms with van der Waals surface area (Å²) in [4.78, 5) is 35.6. The molecular formula is C42H54FN5O4. The minimum Gasteiger partial charge on any atom is -0.496 e. The van der Waals surface area contributed by atoms with Crippen molar-refractivity contribution in [2.24, 2.45) is 17.3 Å². The zero-order chi connectivity index (χ0) is 36.3. The molecule has 0 unspecified atom stereocenters. The van der Waals surface area contributed by atoms with Crippen molar-refractivity contribution < 1.29 is 23.5 Å². The van der Waals surface area contributed by atoms with Gasteiger partial charge in [0.1, 0.15) is 23.5 Å². The van der Waals surface area contributed by atoms with Crippen molar-refractivity contribution in [2.75, 3.05) is 31.6 Å². The van der Waals surface area contributed by atoms with E-state index in [1.807, 2.05) is 15.8 Å². The van der Waals surface area contributed by atoms with E-state index in [0.29, 0.717) is 55.1 Å². The molecule has 0 atom stereocenters. The Morgan fingerprint density at radius 1 is 0.981 bits per heavy atom. The van der Waals surface area contributed by atoms with E-state index in [1.165, 1.54) is 23.7 Å². The van der Waals surface area contributed by atoms with Crippen LogP contribution in [0.15, 0.2) is 42.9 Å². The molecule has 6 fully saturated rings. The Kier molecular flexibility index (Phi) is 9.10. The minimum absolute atomic E-state index is 0.0278. The summed E-state index contributed by atoms with van der Waals surface area (Å²) in [6.45, 7) is 8.51. The van der Waals surface area contributed by atoms with Gasteiger partial charge in [-0.1, -0.05) is 19.1 Å². The summed E-state index contributed by atoms with van der Waals surface area (Å²) < 4.78 is 28.9. The number of fused-ring (bicyclic) bond motifs is 3. The molecule has 6 aliphatic rings. The standard InChI is InChI=1S/C42H54FN5O4/c1-28-24-46(25-28)39(50)52-33-9-6-30(7-10-33)38(49)47(37-21-34(35(43)23-44-37)31-22-45-48(26-31)40(3)12-5-13-40)27-41-14-17-42(18-15-41,19-16-41)32-8-11-36(51-4)29(2)20-32/h8,11,20-23,26,28,30,33H,5-7,9-10,12-19,24-25,27H2,1-4H3. The number of amides is 2. The first-order valence-corrected chi connectivity index (χ1v) is 19.6. The van der Waals surface area contributed by atoms with Crippen molar-refractivity contribution >= 4 is 17.8 Å². The monoisotopic (exact) mass is 711 g/mol. The highest BCUT2D eigenvalue weighted by molar-refractivity contribution is 5.95. The Morgan fingerprint density at radius 3 is 2.31 bits per heavy atom. The lowest BCUT2D eigenvalue weighted by Crippen LogP contribution is -2.52. The summed E-state index contributed by atoms with van der Waals surface area (Å²) in [7, 11) is 1.72. The number of pyridine rings is 1. The summed E-state index contributed by atoms with van der Waals surface area (Å²) in [6, 6.07) is 8.43. The van der Waals surface area contributed by atoms with Crippen LogP contribution in [0.2, 0.25) is 0 Å². The van der Waals surface area contributed by atoms with Crippen molar-refractivity contribution in [3.63, 3.8) is 0 Å². The highest BCUT2D eigenvalue weighted by atomic mass is 19.1. The molecule has 52 heavy (non-hydrogen) atoms. The third-order valence-corrected chi connectivity index (χ3v) is 13.8. The van der Waals surface area contributed by atoms with Crippen LogP contribution in [-0.4, -0.2) is 64.5 Å². The lowest BCUT2D eigenvalue weighted by atomic mass is 9.51. The van der Waals surface area contributed by atoms with Crippen molar-refractivity contribution in [3.05, 3.63) is 59.8 Å². The summed E-state index contributed by atoms with van der Waals surface area (Å²) in [5.74, 6) is 1.37. The van der Waals surface area contributed by atoms with Crippen molar-refractivity contribution in [1.82, 2.24) is 19.7 Å². The van der Waals surface area contributed by atoms with Crippen molar-refractivity contribution in [1.29, 1.82) is 0 Å². The first kappa shape index (κ1) is 35.1. The maximum Gasteiger partial charge on any atom is 0.410 e. The summed E-state index contributed by atoms with van der Waals surface area (Å²) in [5.41, 5.74) is 3.78. The fourth-order valence-electron chi connectivity index (χ4n) is 9.93. The van der Waals surface area contributed by atoms with Crippen LogP contribution >= 0.6 is 0 Å². The van der Waals surface area contributed by atoms with Gasteiger partial charge in [0.15, 0.2) is 0 Å². The largest absolute Gasteiger partial charge is 0.496 e. The Morgan fingerprint density at radius 2 is 1.69 bits per heavy atom. The maximum atomic E-state index is 15.6. The topological polar surface area (TPSA) is 89.8 Å². The second-order valence-electron chi connectivity index (χ2n) is 17.3. The molecule has 0 radical (unpaired) electrons. The number of nitrogens with zero attached hydrogens (tertiary/aromatic N) is 5. The Balaban J connectivity index is 1.03. The number of aryl methyl sites for hydroxylation is 1. The molecule has 1 aromatic carbocycles. The second-order valence-corrected chi connectivity index (χ2v) is 17.3. The maximum absolute atomic E-state index is 15.6. The molecule has 1 saturated heterocycles. The third kappa shape index (κ3) is 6.38. The third-order valence-electron chi connectivity index (χ3n) is 13.8. The van der Waals surface area contributed by atoms with Crippen LogP contribution in [0.4, 0.5) is 15.0 Å².